The van der Waals surface area contributed by atoms with Crippen LogP contribution in [0, 0.1) is 0 Å². The van der Waals surface area contributed by atoms with Gasteiger partial charge in [-0.2, -0.15) is 0 Å². The molecule has 0 spiro atoms. The SMILES string of the molecule is NC1(CC(=O)N2CCN(c3nccs3)CC2)CCCC1. The predicted molar refractivity (Wildman–Crippen MR) is 80.9 cm³/mol. The molecule has 5 nitrogen and oxygen atoms in total. The molecule has 2 fully saturated rings. The fraction of sp³-hybridized carbons (Fsp3) is 0.714. The molecular formula is C14H22N4OS. The van der Waals surface area contributed by atoms with E-state index in [4.69, 9.17) is 5.73 Å². The van der Waals surface area contributed by atoms with E-state index in [0.29, 0.717) is 6.42 Å². The van der Waals surface area contributed by atoms with Gasteiger partial charge in [-0.05, 0) is 12.8 Å². The minimum Gasteiger partial charge on any atom is -0.345 e. The number of piperazine rings is 1. The molecule has 1 amide bonds. The monoisotopic (exact) mass is 294 g/mol. The normalized spacial score (nSPS) is 22.2. The number of amides is 1. The molecule has 2 N–H and O–H groups in total. The molecule has 1 aromatic heterocycles. The van der Waals surface area contributed by atoms with E-state index in [1.54, 1.807) is 11.3 Å². The van der Waals surface area contributed by atoms with Gasteiger partial charge in [0.1, 0.15) is 0 Å². The quantitative estimate of drug-likeness (QED) is 0.916. The standard InChI is InChI=1S/C14H22N4OS/c15-14(3-1-2-4-14)11-12(19)17-6-8-18(9-7-17)13-16-5-10-20-13/h5,10H,1-4,6-9,11,15H2. The number of nitrogens with two attached hydrogens (primary N) is 1. The Balaban J connectivity index is 1.51. The van der Waals surface area contributed by atoms with Crippen molar-refractivity contribution < 1.29 is 4.79 Å². The van der Waals surface area contributed by atoms with Crippen molar-refractivity contribution in [2.24, 2.45) is 5.73 Å². The Labute approximate surface area is 123 Å². The molecule has 110 valence electrons. The highest BCUT2D eigenvalue weighted by Crippen LogP contribution is 2.30. The summed E-state index contributed by atoms with van der Waals surface area (Å²) in [5, 5.41) is 3.05. The molecule has 6 heteroatoms. The Kier molecular flexibility index (Phi) is 3.94. The molecule has 1 aliphatic heterocycles. The molecule has 1 saturated heterocycles. The highest BCUT2D eigenvalue weighted by molar-refractivity contribution is 7.13. The van der Waals surface area contributed by atoms with Gasteiger partial charge in [0.25, 0.3) is 0 Å². The maximum absolute atomic E-state index is 12.4. The summed E-state index contributed by atoms with van der Waals surface area (Å²) in [6, 6.07) is 0. The first-order chi connectivity index (χ1) is 9.66. The van der Waals surface area contributed by atoms with Gasteiger partial charge in [0.2, 0.25) is 5.91 Å². The van der Waals surface area contributed by atoms with Crippen molar-refractivity contribution >= 4 is 22.4 Å². The lowest BCUT2D eigenvalue weighted by atomic mass is 9.94. The molecule has 0 aromatic carbocycles. The molecule has 0 unspecified atom stereocenters. The third kappa shape index (κ3) is 2.96. The minimum atomic E-state index is -0.233. The topological polar surface area (TPSA) is 62.5 Å². The van der Waals surface area contributed by atoms with Crippen LogP contribution in [-0.2, 0) is 4.79 Å². The van der Waals surface area contributed by atoms with Gasteiger partial charge in [0.05, 0.1) is 0 Å². The number of aromatic nitrogens is 1. The van der Waals surface area contributed by atoms with E-state index in [9.17, 15) is 4.79 Å². The van der Waals surface area contributed by atoms with Crippen LogP contribution in [0.4, 0.5) is 5.13 Å². The van der Waals surface area contributed by atoms with Gasteiger partial charge < -0.3 is 15.5 Å². The smallest absolute Gasteiger partial charge is 0.224 e. The number of hydrogen-bond donors (Lipinski definition) is 1. The van der Waals surface area contributed by atoms with E-state index >= 15 is 0 Å². The number of rotatable bonds is 3. The van der Waals surface area contributed by atoms with Gasteiger partial charge in [0.15, 0.2) is 5.13 Å². The van der Waals surface area contributed by atoms with Crippen molar-refractivity contribution in [3.05, 3.63) is 11.6 Å². The summed E-state index contributed by atoms with van der Waals surface area (Å²) in [5.41, 5.74) is 6.07. The van der Waals surface area contributed by atoms with Gasteiger partial charge in [-0.1, -0.05) is 12.8 Å². The van der Waals surface area contributed by atoms with Crippen LogP contribution in [0.2, 0.25) is 0 Å². The number of nitrogens with zero attached hydrogens (tertiary/aromatic N) is 3. The second kappa shape index (κ2) is 5.69. The van der Waals surface area contributed by atoms with Gasteiger partial charge in [-0.25, -0.2) is 4.98 Å². The Morgan fingerprint density at radius 2 is 2.00 bits per heavy atom. The second-order valence-corrected chi connectivity index (χ2v) is 6.80. The van der Waals surface area contributed by atoms with Crippen LogP contribution in [-0.4, -0.2) is 47.5 Å². The third-order valence-corrected chi connectivity index (χ3v) is 5.26. The van der Waals surface area contributed by atoms with Crippen LogP contribution in [0.1, 0.15) is 32.1 Å². The molecule has 2 aliphatic rings. The summed E-state index contributed by atoms with van der Waals surface area (Å²) in [7, 11) is 0. The molecular weight excluding hydrogens is 272 g/mol. The minimum absolute atomic E-state index is 0.230. The Morgan fingerprint density at radius 1 is 1.30 bits per heavy atom. The summed E-state index contributed by atoms with van der Waals surface area (Å²) >= 11 is 1.66. The molecule has 0 atom stereocenters. The second-order valence-electron chi connectivity index (χ2n) is 5.93. The van der Waals surface area contributed by atoms with Gasteiger partial charge in [-0.3, -0.25) is 4.79 Å². The van der Waals surface area contributed by atoms with E-state index in [-0.39, 0.29) is 11.4 Å². The lowest BCUT2D eigenvalue weighted by molar-refractivity contribution is -0.132. The first-order valence-corrected chi connectivity index (χ1v) is 8.25. The van der Waals surface area contributed by atoms with Crippen molar-refractivity contribution in [3.8, 4) is 0 Å². The number of hydrogen-bond acceptors (Lipinski definition) is 5. The average Bonchev–Trinajstić information content (AvgIpc) is 3.10. The molecule has 0 radical (unpaired) electrons. The van der Waals surface area contributed by atoms with Crippen molar-refractivity contribution in [2.75, 3.05) is 31.1 Å². The molecule has 1 aliphatic carbocycles. The number of carbonyl (C=O) groups excluding carboxylic acids is 1. The maximum atomic E-state index is 12.4. The van der Waals surface area contributed by atoms with Crippen LogP contribution in [0.5, 0.6) is 0 Å². The first-order valence-electron chi connectivity index (χ1n) is 7.37. The largest absolute Gasteiger partial charge is 0.345 e. The lowest BCUT2D eigenvalue weighted by Crippen LogP contribution is -2.51. The number of thiazole rings is 1. The number of anilines is 1. The fourth-order valence-electron chi connectivity index (χ4n) is 3.19. The summed E-state index contributed by atoms with van der Waals surface area (Å²) in [6.07, 6.45) is 6.68. The van der Waals surface area contributed by atoms with Crippen LogP contribution < -0.4 is 10.6 Å². The van der Waals surface area contributed by atoms with Gasteiger partial charge in [0, 0.05) is 49.7 Å². The summed E-state index contributed by atoms with van der Waals surface area (Å²) in [4.78, 5) is 20.9. The van der Waals surface area contributed by atoms with Crippen LogP contribution in [0.25, 0.3) is 0 Å². The zero-order valence-corrected chi connectivity index (χ0v) is 12.6. The molecule has 1 saturated carbocycles. The highest BCUT2D eigenvalue weighted by atomic mass is 32.1. The molecule has 3 rings (SSSR count). The van der Waals surface area contributed by atoms with Gasteiger partial charge >= 0.3 is 0 Å². The maximum Gasteiger partial charge on any atom is 0.224 e. The van der Waals surface area contributed by atoms with E-state index in [0.717, 1.165) is 44.2 Å². The zero-order chi connectivity index (χ0) is 14.0. The summed E-state index contributed by atoms with van der Waals surface area (Å²) < 4.78 is 0. The van der Waals surface area contributed by atoms with Crippen LogP contribution in [0.3, 0.4) is 0 Å². The predicted octanol–water partition coefficient (Wildman–Crippen LogP) is 1.45. The summed E-state index contributed by atoms with van der Waals surface area (Å²) in [6.45, 7) is 3.32. The van der Waals surface area contributed by atoms with Crippen molar-refractivity contribution in [1.29, 1.82) is 0 Å². The average molecular weight is 294 g/mol. The van der Waals surface area contributed by atoms with Gasteiger partial charge in [-0.15, -0.1) is 11.3 Å². The molecule has 1 aromatic rings. The molecule has 2 heterocycles. The Hall–Kier alpha value is -1.14. The number of carbonyl (C=O) groups is 1. The van der Waals surface area contributed by atoms with Crippen LogP contribution in [0.15, 0.2) is 11.6 Å². The first kappa shape index (κ1) is 13.8. The lowest BCUT2D eigenvalue weighted by Gasteiger charge is -2.36. The van der Waals surface area contributed by atoms with Crippen LogP contribution >= 0.6 is 11.3 Å². The fourth-order valence-corrected chi connectivity index (χ4v) is 3.88. The molecule has 0 bridgehead atoms. The Bertz CT molecular complexity index is 448. The van der Waals surface area contributed by atoms with Crippen molar-refractivity contribution in [3.63, 3.8) is 0 Å². The van der Waals surface area contributed by atoms with Crippen molar-refractivity contribution in [2.45, 2.75) is 37.6 Å². The van der Waals surface area contributed by atoms with Crippen molar-refractivity contribution in [1.82, 2.24) is 9.88 Å². The van der Waals surface area contributed by atoms with E-state index in [1.807, 2.05) is 16.5 Å². The van der Waals surface area contributed by atoms with E-state index in [2.05, 4.69) is 9.88 Å². The highest BCUT2D eigenvalue weighted by Gasteiger charge is 2.34. The van der Waals surface area contributed by atoms with E-state index < -0.39 is 0 Å². The third-order valence-electron chi connectivity index (χ3n) is 4.42. The summed E-state index contributed by atoms with van der Waals surface area (Å²) in [5.74, 6) is 0.230. The molecule has 20 heavy (non-hydrogen) atoms. The van der Waals surface area contributed by atoms with E-state index in [1.165, 1.54) is 12.8 Å². The Morgan fingerprint density at radius 3 is 2.60 bits per heavy atom. The zero-order valence-electron chi connectivity index (χ0n) is 11.8.